The molecule has 0 saturated carbocycles. The number of fused-ring (bicyclic) bond motifs is 3. The highest BCUT2D eigenvalue weighted by molar-refractivity contribution is 5.96. The number of aliphatic hydroxyl groups excluding tert-OH is 3. The number of methoxy groups -OCH3 is 1. The van der Waals surface area contributed by atoms with Gasteiger partial charge >= 0.3 is 0 Å². The van der Waals surface area contributed by atoms with Crippen LogP contribution in [-0.4, -0.2) is 89.8 Å². The number of hydrogen-bond acceptors (Lipinski definition) is 8. The SMILES string of the molecule is COc1cc(CO)cc2c1O[C@@H]1[C@@H](O)[C@H](N(C[C@H]3CCCO3)C(=O)CC(C)C)C=C(C(=O)NCCO)[C@H]21. The van der Waals surface area contributed by atoms with Crippen LogP contribution in [-0.2, 0) is 20.9 Å². The molecule has 0 aromatic heterocycles. The number of nitrogens with one attached hydrogen (secondary N) is 1. The number of amides is 2. The van der Waals surface area contributed by atoms with E-state index in [9.17, 15) is 24.9 Å². The van der Waals surface area contributed by atoms with Crippen molar-refractivity contribution in [3.05, 3.63) is 34.9 Å². The van der Waals surface area contributed by atoms with Gasteiger partial charge < -0.3 is 39.7 Å². The average molecular weight is 519 g/mol. The van der Waals surface area contributed by atoms with Crippen LogP contribution in [0.2, 0.25) is 0 Å². The maximum absolute atomic E-state index is 13.4. The highest BCUT2D eigenvalue weighted by Crippen LogP contribution is 2.51. The zero-order valence-corrected chi connectivity index (χ0v) is 21.7. The van der Waals surface area contributed by atoms with Crippen LogP contribution in [0.1, 0.15) is 50.2 Å². The minimum absolute atomic E-state index is 0.0560. The van der Waals surface area contributed by atoms with Crippen molar-refractivity contribution in [2.45, 2.75) is 70.0 Å². The third-order valence-corrected chi connectivity index (χ3v) is 7.18. The normalized spacial score (nSPS) is 26.2. The topological polar surface area (TPSA) is 138 Å². The number of ether oxygens (including phenoxy) is 3. The van der Waals surface area contributed by atoms with Gasteiger partial charge in [0, 0.05) is 37.3 Å². The summed E-state index contributed by atoms with van der Waals surface area (Å²) in [5.41, 5.74) is 1.54. The van der Waals surface area contributed by atoms with Gasteiger partial charge in [0.25, 0.3) is 0 Å². The molecule has 0 spiro atoms. The fourth-order valence-corrected chi connectivity index (χ4v) is 5.48. The number of benzene rings is 1. The van der Waals surface area contributed by atoms with Crippen molar-refractivity contribution in [1.82, 2.24) is 10.2 Å². The van der Waals surface area contributed by atoms with Gasteiger partial charge in [0.05, 0.1) is 38.4 Å². The van der Waals surface area contributed by atoms with E-state index in [2.05, 4.69) is 5.32 Å². The Morgan fingerprint density at radius 1 is 1.27 bits per heavy atom. The zero-order valence-electron chi connectivity index (χ0n) is 21.7. The van der Waals surface area contributed by atoms with Crippen LogP contribution < -0.4 is 14.8 Å². The maximum Gasteiger partial charge on any atom is 0.247 e. The number of rotatable bonds is 10. The van der Waals surface area contributed by atoms with Crippen LogP contribution in [0.5, 0.6) is 11.5 Å². The minimum atomic E-state index is -1.13. The van der Waals surface area contributed by atoms with Crippen molar-refractivity contribution in [2.24, 2.45) is 5.92 Å². The van der Waals surface area contributed by atoms with Crippen molar-refractivity contribution in [3.8, 4) is 11.5 Å². The summed E-state index contributed by atoms with van der Waals surface area (Å²) < 4.78 is 17.5. The number of carbonyl (C=O) groups is 2. The molecule has 10 nitrogen and oxygen atoms in total. The van der Waals surface area contributed by atoms with Crippen LogP contribution in [0.15, 0.2) is 23.8 Å². The van der Waals surface area contributed by atoms with Gasteiger partial charge in [-0.3, -0.25) is 9.59 Å². The van der Waals surface area contributed by atoms with E-state index in [4.69, 9.17) is 14.2 Å². The molecule has 37 heavy (non-hydrogen) atoms. The lowest BCUT2D eigenvalue weighted by Gasteiger charge is -2.41. The molecule has 10 heteroatoms. The third kappa shape index (κ3) is 5.62. The summed E-state index contributed by atoms with van der Waals surface area (Å²) in [5.74, 6) is -0.298. The molecule has 0 radical (unpaired) electrons. The quantitative estimate of drug-likeness (QED) is 0.358. The second-order valence-electron chi connectivity index (χ2n) is 10.3. The Labute approximate surface area is 217 Å². The van der Waals surface area contributed by atoms with Crippen molar-refractivity contribution < 1.29 is 39.1 Å². The zero-order chi connectivity index (χ0) is 26.7. The Hall–Kier alpha value is -2.66. The number of hydrogen-bond donors (Lipinski definition) is 4. The molecule has 1 aliphatic carbocycles. The van der Waals surface area contributed by atoms with E-state index >= 15 is 0 Å². The van der Waals surface area contributed by atoms with Gasteiger partial charge in [-0.15, -0.1) is 0 Å². The van der Waals surface area contributed by atoms with Crippen LogP contribution >= 0.6 is 0 Å². The van der Waals surface area contributed by atoms with Gasteiger partial charge in [-0.1, -0.05) is 13.8 Å². The summed E-state index contributed by atoms with van der Waals surface area (Å²) in [6.07, 6.45) is 1.53. The minimum Gasteiger partial charge on any atom is -0.493 e. The van der Waals surface area contributed by atoms with E-state index < -0.39 is 30.1 Å². The molecular weight excluding hydrogens is 480 g/mol. The highest BCUT2D eigenvalue weighted by Gasteiger charge is 2.51. The van der Waals surface area contributed by atoms with Crippen molar-refractivity contribution in [1.29, 1.82) is 0 Å². The fraction of sp³-hybridized carbons (Fsp3) is 0.630. The third-order valence-electron chi connectivity index (χ3n) is 7.18. The van der Waals surface area contributed by atoms with Crippen molar-refractivity contribution in [2.75, 3.05) is 33.4 Å². The second-order valence-corrected chi connectivity index (χ2v) is 10.3. The summed E-state index contributed by atoms with van der Waals surface area (Å²) in [6.45, 7) is 4.44. The first kappa shape index (κ1) is 27.4. The summed E-state index contributed by atoms with van der Waals surface area (Å²) in [6, 6.07) is 2.59. The van der Waals surface area contributed by atoms with E-state index in [0.29, 0.717) is 47.8 Å². The Balaban J connectivity index is 1.78. The molecule has 2 aliphatic heterocycles. The highest BCUT2D eigenvalue weighted by atomic mass is 16.5. The predicted octanol–water partition coefficient (Wildman–Crippen LogP) is 0.864. The molecule has 0 bridgehead atoms. The monoisotopic (exact) mass is 518 g/mol. The predicted molar refractivity (Wildman–Crippen MR) is 134 cm³/mol. The smallest absolute Gasteiger partial charge is 0.247 e. The molecule has 0 unspecified atom stereocenters. The second kappa shape index (κ2) is 11.8. The van der Waals surface area contributed by atoms with Crippen LogP contribution in [0.25, 0.3) is 0 Å². The van der Waals surface area contributed by atoms with E-state index in [1.807, 2.05) is 13.8 Å². The maximum atomic E-state index is 13.4. The van der Waals surface area contributed by atoms with Gasteiger partial charge in [0.2, 0.25) is 11.8 Å². The summed E-state index contributed by atoms with van der Waals surface area (Å²) >= 11 is 0. The number of carbonyl (C=O) groups excluding carboxylic acids is 2. The molecule has 4 rings (SSSR count). The molecule has 1 aromatic carbocycles. The molecule has 1 aromatic rings. The number of aliphatic hydroxyl groups is 3. The van der Waals surface area contributed by atoms with Gasteiger partial charge in [0.15, 0.2) is 11.5 Å². The van der Waals surface area contributed by atoms with Crippen LogP contribution in [0.3, 0.4) is 0 Å². The van der Waals surface area contributed by atoms with Crippen LogP contribution in [0.4, 0.5) is 0 Å². The molecule has 3 aliphatic rings. The van der Waals surface area contributed by atoms with Crippen molar-refractivity contribution in [3.63, 3.8) is 0 Å². The Morgan fingerprint density at radius 2 is 2.05 bits per heavy atom. The van der Waals surface area contributed by atoms with Crippen molar-refractivity contribution >= 4 is 11.8 Å². The Morgan fingerprint density at radius 3 is 2.68 bits per heavy atom. The largest absolute Gasteiger partial charge is 0.493 e. The molecule has 204 valence electrons. The first-order chi connectivity index (χ1) is 17.8. The van der Waals surface area contributed by atoms with E-state index in [1.54, 1.807) is 23.1 Å². The summed E-state index contributed by atoms with van der Waals surface area (Å²) in [5, 5.41) is 33.4. The molecule has 5 atom stereocenters. The molecular formula is C27H38N2O8. The Kier molecular flexibility index (Phi) is 8.74. The van der Waals surface area contributed by atoms with E-state index in [0.717, 1.165) is 12.8 Å². The lowest BCUT2D eigenvalue weighted by molar-refractivity contribution is -0.140. The summed E-state index contributed by atoms with van der Waals surface area (Å²) in [4.78, 5) is 28.4. The first-order valence-electron chi connectivity index (χ1n) is 13.0. The fourth-order valence-electron chi connectivity index (χ4n) is 5.48. The molecule has 1 saturated heterocycles. The van der Waals surface area contributed by atoms with Gasteiger partial charge in [-0.2, -0.15) is 0 Å². The molecule has 1 fully saturated rings. The molecule has 4 N–H and O–H groups in total. The lowest BCUT2D eigenvalue weighted by Crippen LogP contribution is -2.57. The van der Waals surface area contributed by atoms with Gasteiger partial charge in [-0.05, 0) is 42.5 Å². The molecule has 2 heterocycles. The number of nitrogens with zero attached hydrogens (tertiary/aromatic N) is 1. The van der Waals surface area contributed by atoms with E-state index in [1.165, 1.54) is 7.11 Å². The first-order valence-corrected chi connectivity index (χ1v) is 13.0. The van der Waals surface area contributed by atoms with Crippen LogP contribution in [0, 0.1) is 5.92 Å². The van der Waals surface area contributed by atoms with Gasteiger partial charge in [0.1, 0.15) is 12.2 Å². The van der Waals surface area contributed by atoms with Gasteiger partial charge in [-0.25, -0.2) is 0 Å². The van der Waals surface area contributed by atoms with E-state index in [-0.39, 0.29) is 37.7 Å². The lowest BCUT2D eigenvalue weighted by atomic mass is 9.77. The standard InChI is InChI=1S/C27H38N2O8/c1-15(2)9-22(32)29(13-17-5-4-8-36-17)20-12-19(27(34)28-6-7-30)23-18-10-16(14-31)11-21(35-3)25(18)37-26(23)24(20)33/h10-12,15,17,20,23-24,26,30-31,33H,4-9,13-14H2,1-3H3,(H,28,34)/t17-,20-,23+,24+,26+/m1/s1. The summed E-state index contributed by atoms with van der Waals surface area (Å²) in [7, 11) is 1.49. The molecule has 2 amide bonds. The Bertz CT molecular complexity index is 1020. The average Bonchev–Trinajstić information content (AvgIpc) is 3.53.